The maximum atomic E-state index is 10.2. The van der Waals surface area contributed by atoms with Crippen molar-refractivity contribution in [2.24, 2.45) is 0 Å². The van der Waals surface area contributed by atoms with Crippen molar-refractivity contribution in [3.63, 3.8) is 0 Å². The average molecular weight is 197 g/mol. The zero-order valence-corrected chi connectivity index (χ0v) is 7.71. The number of nitrogens with zero attached hydrogens (tertiary/aromatic N) is 1. The molecule has 1 rings (SSSR count). The van der Waals surface area contributed by atoms with Gasteiger partial charge in [-0.2, -0.15) is 0 Å². The van der Waals surface area contributed by atoms with Gasteiger partial charge >= 0.3 is 0 Å². The molecule has 0 radical (unpaired) electrons. The molecule has 0 saturated carbocycles. The first-order valence-electron chi connectivity index (χ1n) is 4.07. The van der Waals surface area contributed by atoms with Crippen LogP contribution in [0.25, 0.3) is 0 Å². The molecule has 0 bridgehead atoms. The van der Waals surface area contributed by atoms with Crippen molar-refractivity contribution in [2.45, 2.75) is 6.10 Å². The van der Waals surface area contributed by atoms with Gasteiger partial charge < -0.3 is 9.84 Å². The fourth-order valence-electron chi connectivity index (χ4n) is 1.10. The van der Waals surface area contributed by atoms with Crippen LogP contribution in [0.3, 0.4) is 0 Å². The lowest BCUT2D eigenvalue weighted by atomic mass is 10.1. The maximum Gasteiger partial charge on any atom is 0.233 e. The molecule has 5 nitrogen and oxygen atoms in total. The van der Waals surface area contributed by atoms with Gasteiger partial charge in [-0.15, -0.1) is 0 Å². The van der Waals surface area contributed by atoms with Crippen LogP contribution in [0.2, 0.25) is 0 Å². The smallest absolute Gasteiger partial charge is 0.233 e. The molecular weight excluding hydrogens is 186 g/mol. The molecule has 0 aliphatic rings. The molecule has 1 N–H and O–H groups in total. The predicted octanol–water partition coefficient (Wildman–Crippen LogP) is 1.01. The van der Waals surface area contributed by atoms with E-state index in [4.69, 9.17) is 4.74 Å². The molecule has 76 valence electrons. The van der Waals surface area contributed by atoms with Crippen molar-refractivity contribution < 1.29 is 14.8 Å². The number of hydrogen-bond donors (Lipinski definition) is 1. The Morgan fingerprint density at radius 3 is 2.93 bits per heavy atom. The van der Waals surface area contributed by atoms with Crippen molar-refractivity contribution in [1.82, 2.24) is 0 Å². The fraction of sp³-hybridized carbons (Fsp3) is 0.333. The Balaban J connectivity index is 2.78. The van der Waals surface area contributed by atoms with Gasteiger partial charge in [-0.25, -0.2) is 0 Å². The van der Waals surface area contributed by atoms with Crippen LogP contribution >= 0.6 is 0 Å². The monoisotopic (exact) mass is 197 g/mol. The van der Waals surface area contributed by atoms with E-state index in [1.807, 2.05) is 0 Å². The fourth-order valence-corrected chi connectivity index (χ4v) is 1.10. The number of nitro groups is 1. The molecule has 0 amide bonds. The van der Waals surface area contributed by atoms with Gasteiger partial charge in [0.25, 0.3) is 0 Å². The predicted molar refractivity (Wildman–Crippen MR) is 49.8 cm³/mol. The topological polar surface area (TPSA) is 72.6 Å². The van der Waals surface area contributed by atoms with Crippen molar-refractivity contribution in [2.75, 3.05) is 13.7 Å². The molecule has 0 spiro atoms. The van der Waals surface area contributed by atoms with Crippen LogP contribution in [0, 0.1) is 10.1 Å². The van der Waals surface area contributed by atoms with Crippen LogP contribution in [0.1, 0.15) is 11.7 Å². The Morgan fingerprint density at radius 2 is 2.36 bits per heavy atom. The summed E-state index contributed by atoms with van der Waals surface area (Å²) in [6, 6.07) is 6.59. The zero-order chi connectivity index (χ0) is 10.6. The summed E-state index contributed by atoms with van der Waals surface area (Å²) in [5.41, 5.74) is 0.487. The highest BCUT2D eigenvalue weighted by atomic mass is 16.6. The lowest BCUT2D eigenvalue weighted by Gasteiger charge is -2.07. The average Bonchev–Trinajstić information content (AvgIpc) is 2.17. The number of ether oxygens (including phenoxy) is 1. The summed E-state index contributed by atoms with van der Waals surface area (Å²) < 4.78 is 4.93. The Hall–Kier alpha value is -1.62. The molecule has 1 aromatic rings. The van der Waals surface area contributed by atoms with E-state index in [-0.39, 0.29) is 0 Å². The van der Waals surface area contributed by atoms with Gasteiger partial charge in [0, 0.05) is 4.92 Å². The first-order valence-corrected chi connectivity index (χ1v) is 4.07. The summed E-state index contributed by atoms with van der Waals surface area (Å²) in [4.78, 5) is 9.60. The Bertz CT molecular complexity index is 326. The maximum absolute atomic E-state index is 10.2. The number of methoxy groups -OCH3 is 1. The van der Waals surface area contributed by atoms with Crippen molar-refractivity contribution in [3.8, 4) is 5.75 Å². The summed E-state index contributed by atoms with van der Waals surface area (Å²) in [7, 11) is 1.50. The van der Waals surface area contributed by atoms with Crippen LogP contribution in [0.4, 0.5) is 0 Å². The second-order valence-electron chi connectivity index (χ2n) is 2.81. The van der Waals surface area contributed by atoms with E-state index in [1.165, 1.54) is 7.11 Å². The third-order valence-corrected chi connectivity index (χ3v) is 1.80. The second-order valence-corrected chi connectivity index (χ2v) is 2.81. The van der Waals surface area contributed by atoms with Crippen LogP contribution in [-0.4, -0.2) is 23.7 Å². The van der Waals surface area contributed by atoms with E-state index < -0.39 is 17.6 Å². The normalized spacial score (nSPS) is 12.1. The Labute approximate surface area is 81.1 Å². The quantitative estimate of drug-likeness (QED) is 0.577. The minimum Gasteiger partial charge on any atom is -0.497 e. The van der Waals surface area contributed by atoms with Crippen LogP contribution in [0.5, 0.6) is 5.75 Å². The molecule has 0 unspecified atom stereocenters. The third-order valence-electron chi connectivity index (χ3n) is 1.80. The Morgan fingerprint density at radius 1 is 1.64 bits per heavy atom. The van der Waals surface area contributed by atoms with Gasteiger partial charge in [-0.3, -0.25) is 10.1 Å². The largest absolute Gasteiger partial charge is 0.497 e. The van der Waals surface area contributed by atoms with E-state index in [9.17, 15) is 15.2 Å². The molecule has 5 heteroatoms. The van der Waals surface area contributed by atoms with E-state index in [2.05, 4.69) is 0 Å². The summed E-state index contributed by atoms with van der Waals surface area (Å²) >= 11 is 0. The van der Waals surface area contributed by atoms with E-state index in [0.29, 0.717) is 11.3 Å². The molecule has 0 heterocycles. The van der Waals surface area contributed by atoms with Gasteiger partial charge in [-0.1, -0.05) is 12.1 Å². The van der Waals surface area contributed by atoms with Gasteiger partial charge in [0.2, 0.25) is 6.54 Å². The lowest BCUT2D eigenvalue weighted by Crippen LogP contribution is -2.11. The Kier molecular flexibility index (Phi) is 3.41. The highest BCUT2D eigenvalue weighted by molar-refractivity contribution is 5.29. The van der Waals surface area contributed by atoms with Crippen molar-refractivity contribution >= 4 is 0 Å². The SMILES string of the molecule is COc1cccc([C@H](O)C[N+](=O)[O-])c1. The standard InChI is InChI=1S/C9H11NO4/c1-14-8-4-2-3-7(5-8)9(11)6-10(12)13/h2-5,9,11H,6H2,1H3/t9-/m1/s1. The number of hydrogen-bond acceptors (Lipinski definition) is 4. The first-order chi connectivity index (χ1) is 6.63. The zero-order valence-electron chi connectivity index (χ0n) is 7.71. The summed E-state index contributed by atoms with van der Waals surface area (Å²) in [6.45, 7) is -0.493. The molecule has 0 aliphatic heterocycles. The number of aliphatic hydroxyl groups excluding tert-OH is 1. The summed E-state index contributed by atoms with van der Waals surface area (Å²) in [5.74, 6) is 0.574. The first kappa shape index (κ1) is 10.5. The van der Waals surface area contributed by atoms with Crippen molar-refractivity contribution in [3.05, 3.63) is 39.9 Å². The number of rotatable bonds is 4. The summed E-state index contributed by atoms with van der Waals surface area (Å²) in [5, 5.41) is 19.6. The summed E-state index contributed by atoms with van der Waals surface area (Å²) in [6.07, 6.45) is -1.08. The minimum absolute atomic E-state index is 0.487. The highest BCUT2D eigenvalue weighted by Crippen LogP contribution is 2.18. The molecule has 0 aromatic heterocycles. The second kappa shape index (κ2) is 4.57. The number of aliphatic hydroxyl groups is 1. The molecule has 0 fully saturated rings. The molecular formula is C9H11NO4. The van der Waals surface area contributed by atoms with E-state index >= 15 is 0 Å². The van der Waals surface area contributed by atoms with Crippen molar-refractivity contribution in [1.29, 1.82) is 0 Å². The van der Waals surface area contributed by atoms with Gasteiger partial charge in [0.1, 0.15) is 11.9 Å². The van der Waals surface area contributed by atoms with Gasteiger partial charge in [-0.05, 0) is 17.7 Å². The van der Waals surface area contributed by atoms with Crippen LogP contribution in [0.15, 0.2) is 24.3 Å². The van der Waals surface area contributed by atoms with Crippen LogP contribution in [-0.2, 0) is 0 Å². The van der Waals surface area contributed by atoms with Crippen LogP contribution < -0.4 is 4.74 Å². The van der Waals surface area contributed by atoms with E-state index in [0.717, 1.165) is 0 Å². The molecule has 1 atom stereocenters. The lowest BCUT2D eigenvalue weighted by molar-refractivity contribution is -0.491. The van der Waals surface area contributed by atoms with E-state index in [1.54, 1.807) is 24.3 Å². The molecule has 1 aromatic carbocycles. The molecule has 0 aliphatic carbocycles. The molecule has 14 heavy (non-hydrogen) atoms. The van der Waals surface area contributed by atoms with Gasteiger partial charge in [0.05, 0.1) is 7.11 Å². The number of benzene rings is 1. The minimum atomic E-state index is -1.08. The highest BCUT2D eigenvalue weighted by Gasteiger charge is 2.14. The third kappa shape index (κ3) is 2.70. The van der Waals surface area contributed by atoms with Gasteiger partial charge in [0.15, 0.2) is 0 Å². The molecule has 0 saturated heterocycles.